The van der Waals surface area contributed by atoms with Crippen LogP contribution in [0.25, 0.3) is 0 Å². The van der Waals surface area contributed by atoms with E-state index in [0.29, 0.717) is 6.54 Å². The minimum Gasteiger partial charge on any atom is -0.493 e. The lowest BCUT2D eigenvalue weighted by atomic mass is 10.1. The Kier molecular flexibility index (Phi) is 7.01. The Morgan fingerprint density at radius 1 is 1.08 bits per heavy atom. The third-order valence-electron chi connectivity index (χ3n) is 3.71. The first-order chi connectivity index (χ1) is 12.0. The maximum atomic E-state index is 12.6. The minimum atomic E-state index is -2.96. The van der Waals surface area contributed by atoms with Crippen molar-refractivity contribution in [1.29, 1.82) is 0 Å². The van der Waals surface area contributed by atoms with Crippen LogP contribution >= 0.6 is 15.9 Å². The van der Waals surface area contributed by atoms with Crippen molar-refractivity contribution in [2.75, 3.05) is 14.2 Å². The molecule has 4 nitrogen and oxygen atoms in total. The number of alkyl halides is 2. The Morgan fingerprint density at radius 3 is 2.20 bits per heavy atom. The summed E-state index contributed by atoms with van der Waals surface area (Å²) in [6, 6.07) is 11.3. The molecule has 0 spiro atoms. The fourth-order valence-corrected chi connectivity index (χ4v) is 3.08. The van der Waals surface area contributed by atoms with Crippen molar-refractivity contribution in [2.45, 2.75) is 26.1 Å². The van der Waals surface area contributed by atoms with E-state index in [1.165, 1.54) is 14.2 Å². The van der Waals surface area contributed by atoms with Crippen LogP contribution in [-0.2, 0) is 6.54 Å². The molecule has 1 N–H and O–H groups in total. The summed E-state index contributed by atoms with van der Waals surface area (Å²) >= 11 is 3.53. The van der Waals surface area contributed by atoms with Crippen LogP contribution in [0.1, 0.15) is 24.1 Å². The molecule has 0 bridgehead atoms. The maximum absolute atomic E-state index is 12.6. The maximum Gasteiger partial charge on any atom is 0.387 e. The zero-order valence-electron chi connectivity index (χ0n) is 14.2. The third-order valence-corrected chi connectivity index (χ3v) is 4.43. The quantitative estimate of drug-likeness (QED) is 0.664. The molecule has 0 aromatic heterocycles. The first-order valence-electron chi connectivity index (χ1n) is 7.63. The molecule has 0 saturated carbocycles. The van der Waals surface area contributed by atoms with E-state index in [-0.39, 0.29) is 23.3 Å². The van der Waals surface area contributed by atoms with Gasteiger partial charge in [0.1, 0.15) is 0 Å². The van der Waals surface area contributed by atoms with E-state index < -0.39 is 6.61 Å². The van der Waals surface area contributed by atoms with Gasteiger partial charge in [0.2, 0.25) is 5.75 Å². The van der Waals surface area contributed by atoms with Gasteiger partial charge in [0.25, 0.3) is 0 Å². The van der Waals surface area contributed by atoms with Gasteiger partial charge in [0.05, 0.1) is 14.2 Å². The highest BCUT2D eigenvalue weighted by Crippen LogP contribution is 2.39. The molecule has 1 atom stereocenters. The summed E-state index contributed by atoms with van der Waals surface area (Å²) in [6.07, 6.45) is 0. The van der Waals surface area contributed by atoms with Crippen molar-refractivity contribution in [3.05, 3.63) is 52.0 Å². The van der Waals surface area contributed by atoms with E-state index in [4.69, 9.17) is 9.47 Å². The van der Waals surface area contributed by atoms with Gasteiger partial charge in [-0.25, -0.2) is 0 Å². The Labute approximate surface area is 154 Å². The van der Waals surface area contributed by atoms with Crippen LogP contribution < -0.4 is 19.5 Å². The van der Waals surface area contributed by atoms with Crippen molar-refractivity contribution in [3.63, 3.8) is 0 Å². The number of halogens is 3. The molecule has 0 aliphatic heterocycles. The fraction of sp³-hybridized carbons (Fsp3) is 0.333. The van der Waals surface area contributed by atoms with Crippen molar-refractivity contribution in [3.8, 4) is 17.2 Å². The lowest BCUT2D eigenvalue weighted by Crippen LogP contribution is -2.18. The Morgan fingerprint density at radius 2 is 1.68 bits per heavy atom. The molecule has 2 rings (SSSR count). The summed E-state index contributed by atoms with van der Waals surface area (Å²) in [5.41, 5.74) is 1.95. The summed E-state index contributed by atoms with van der Waals surface area (Å²) in [6.45, 7) is -0.408. The molecule has 2 aromatic carbocycles. The average molecular weight is 416 g/mol. The highest BCUT2D eigenvalue weighted by Gasteiger charge is 2.18. The fourth-order valence-electron chi connectivity index (χ4n) is 2.45. The first-order valence-corrected chi connectivity index (χ1v) is 8.43. The van der Waals surface area contributed by atoms with Gasteiger partial charge in [-0.05, 0) is 36.2 Å². The molecule has 0 radical (unpaired) electrons. The largest absolute Gasteiger partial charge is 0.493 e. The van der Waals surface area contributed by atoms with Crippen molar-refractivity contribution in [1.82, 2.24) is 5.32 Å². The monoisotopic (exact) mass is 415 g/mol. The van der Waals surface area contributed by atoms with E-state index in [0.717, 1.165) is 15.6 Å². The standard InChI is InChI=1S/C18H20BrF2NO3/c1-11(13-6-4-5-7-14(13)19)22-10-12-8-15(23-2)17(25-18(20)21)16(9-12)24-3/h4-9,11,18,22H,10H2,1-3H3/t11-/m0/s1. The highest BCUT2D eigenvalue weighted by molar-refractivity contribution is 9.10. The third kappa shape index (κ3) is 5.06. The molecule has 0 fully saturated rings. The zero-order valence-corrected chi connectivity index (χ0v) is 15.8. The molecule has 0 saturated heterocycles. The van der Waals surface area contributed by atoms with Crippen LogP contribution in [0.4, 0.5) is 8.78 Å². The van der Waals surface area contributed by atoms with Crippen molar-refractivity contribution >= 4 is 15.9 Å². The average Bonchev–Trinajstić information content (AvgIpc) is 2.60. The summed E-state index contributed by atoms with van der Waals surface area (Å²) in [7, 11) is 2.79. The number of benzene rings is 2. The molecule has 7 heteroatoms. The topological polar surface area (TPSA) is 39.7 Å². The molecule has 136 valence electrons. The van der Waals surface area contributed by atoms with Crippen molar-refractivity contribution in [2.24, 2.45) is 0 Å². The van der Waals surface area contributed by atoms with Gasteiger partial charge in [-0.2, -0.15) is 8.78 Å². The van der Waals surface area contributed by atoms with E-state index in [2.05, 4.69) is 26.0 Å². The second-order valence-corrected chi connectivity index (χ2v) is 6.19. The molecule has 0 amide bonds. The molecular formula is C18H20BrF2NO3. The molecule has 25 heavy (non-hydrogen) atoms. The number of nitrogens with one attached hydrogen (secondary N) is 1. The van der Waals surface area contributed by atoms with Gasteiger partial charge in [-0.1, -0.05) is 34.1 Å². The van der Waals surface area contributed by atoms with Gasteiger partial charge in [-0.3, -0.25) is 0 Å². The van der Waals surface area contributed by atoms with E-state index in [1.54, 1.807) is 12.1 Å². The number of methoxy groups -OCH3 is 2. The second-order valence-electron chi connectivity index (χ2n) is 5.33. The Balaban J connectivity index is 2.18. The van der Waals surface area contributed by atoms with Crippen LogP contribution in [0.3, 0.4) is 0 Å². The predicted octanol–water partition coefficient (Wildman–Crippen LogP) is 4.92. The molecule has 0 aliphatic rings. The van der Waals surface area contributed by atoms with Gasteiger partial charge in [0.15, 0.2) is 11.5 Å². The van der Waals surface area contributed by atoms with E-state index in [1.807, 2.05) is 31.2 Å². The summed E-state index contributed by atoms with van der Waals surface area (Å²) in [5, 5.41) is 3.39. The molecule has 0 unspecified atom stereocenters. The molecular weight excluding hydrogens is 396 g/mol. The van der Waals surface area contributed by atoms with Crippen LogP contribution in [0.15, 0.2) is 40.9 Å². The summed E-state index contributed by atoms with van der Waals surface area (Å²) < 4.78 is 41.0. The number of hydrogen-bond acceptors (Lipinski definition) is 4. The van der Waals surface area contributed by atoms with Gasteiger partial charge in [0, 0.05) is 17.1 Å². The molecule has 0 heterocycles. The second kappa shape index (κ2) is 9.01. The summed E-state index contributed by atoms with van der Waals surface area (Å²) in [4.78, 5) is 0. The molecule has 0 aliphatic carbocycles. The van der Waals surface area contributed by atoms with Gasteiger partial charge >= 0.3 is 6.61 Å². The smallest absolute Gasteiger partial charge is 0.387 e. The number of rotatable bonds is 8. The Bertz CT molecular complexity index is 687. The van der Waals surface area contributed by atoms with Crippen LogP contribution in [0, 0.1) is 0 Å². The Hall–Kier alpha value is -1.86. The SMILES string of the molecule is COc1cc(CN[C@@H](C)c2ccccc2Br)cc(OC)c1OC(F)F. The van der Waals surface area contributed by atoms with Crippen LogP contribution in [0.2, 0.25) is 0 Å². The highest BCUT2D eigenvalue weighted by atomic mass is 79.9. The van der Waals surface area contributed by atoms with Crippen molar-refractivity contribution < 1.29 is 23.0 Å². The van der Waals surface area contributed by atoms with E-state index >= 15 is 0 Å². The normalized spacial score (nSPS) is 12.1. The van der Waals surface area contributed by atoms with Gasteiger partial charge < -0.3 is 19.5 Å². The van der Waals surface area contributed by atoms with Crippen LogP contribution in [0.5, 0.6) is 17.2 Å². The number of hydrogen-bond donors (Lipinski definition) is 1. The minimum absolute atomic E-state index is 0.0876. The number of ether oxygens (including phenoxy) is 3. The summed E-state index contributed by atoms with van der Waals surface area (Å²) in [5.74, 6) is 0.289. The first kappa shape index (κ1) is 19.5. The van der Waals surface area contributed by atoms with Crippen LogP contribution in [-0.4, -0.2) is 20.8 Å². The zero-order chi connectivity index (χ0) is 18.4. The predicted molar refractivity (Wildman–Crippen MR) is 95.6 cm³/mol. The van der Waals surface area contributed by atoms with E-state index in [9.17, 15) is 8.78 Å². The lowest BCUT2D eigenvalue weighted by molar-refractivity contribution is -0.0526. The molecule has 2 aromatic rings. The lowest BCUT2D eigenvalue weighted by Gasteiger charge is -2.18. The van der Waals surface area contributed by atoms with Gasteiger partial charge in [-0.15, -0.1) is 0 Å².